The molecule has 21 heavy (non-hydrogen) atoms. The fourth-order valence-corrected chi connectivity index (χ4v) is 2.21. The summed E-state index contributed by atoms with van der Waals surface area (Å²) in [6, 6.07) is 6.14. The molecule has 0 spiro atoms. The monoisotopic (exact) mass is 357 g/mol. The van der Waals surface area contributed by atoms with E-state index in [1.807, 2.05) is 0 Å². The molecule has 0 N–H and O–H groups in total. The lowest BCUT2D eigenvalue weighted by atomic mass is 10.2. The van der Waals surface area contributed by atoms with Gasteiger partial charge in [0.1, 0.15) is 12.4 Å². The van der Waals surface area contributed by atoms with E-state index in [1.165, 1.54) is 31.2 Å². The maximum atomic E-state index is 13.8. The van der Waals surface area contributed by atoms with E-state index in [9.17, 15) is 18.9 Å². The zero-order valence-corrected chi connectivity index (χ0v) is 12.5. The zero-order chi connectivity index (χ0) is 15.6. The summed E-state index contributed by atoms with van der Waals surface area (Å²) in [5.74, 6) is -1.30. The van der Waals surface area contributed by atoms with Crippen molar-refractivity contribution in [2.24, 2.45) is 0 Å². The zero-order valence-electron chi connectivity index (χ0n) is 10.9. The summed E-state index contributed by atoms with van der Waals surface area (Å²) in [5.41, 5.74) is 0.629. The normalized spacial score (nSPS) is 10.5. The third-order valence-electron chi connectivity index (χ3n) is 2.85. The number of rotatable bonds is 4. The molecule has 2 aromatic rings. The number of nitro groups is 1. The van der Waals surface area contributed by atoms with Crippen molar-refractivity contribution < 1.29 is 18.4 Å². The first-order chi connectivity index (χ1) is 9.88. The van der Waals surface area contributed by atoms with Gasteiger partial charge in [-0.1, -0.05) is 22.0 Å². The van der Waals surface area contributed by atoms with Gasteiger partial charge < -0.3 is 4.74 Å². The van der Waals surface area contributed by atoms with Crippen molar-refractivity contribution in [2.45, 2.75) is 13.5 Å². The summed E-state index contributed by atoms with van der Waals surface area (Å²) in [6.07, 6.45) is 0. The minimum Gasteiger partial charge on any atom is -0.486 e. The van der Waals surface area contributed by atoms with Crippen LogP contribution < -0.4 is 4.74 Å². The van der Waals surface area contributed by atoms with Crippen LogP contribution in [0, 0.1) is 28.7 Å². The second-order valence-electron chi connectivity index (χ2n) is 4.35. The summed E-state index contributed by atoms with van der Waals surface area (Å²) in [5, 5.41) is 10.7. The number of benzene rings is 2. The van der Waals surface area contributed by atoms with Gasteiger partial charge in [0.25, 0.3) is 5.69 Å². The molecule has 0 aliphatic carbocycles. The Labute approximate surface area is 127 Å². The molecule has 0 unspecified atom stereocenters. The van der Waals surface area contributed by atoms with Crippen LogP contribution in [-0.4, -0.2) is 4.92 Å². The predicted octanol–water partition coefficient (Wildman–Crippen LogP) is 4.52. The number of aryl methyl sites for hydroxylation is 1. The van der Waals surface area contributed by atoms with Gasteiger partial charge in [0.2, 0.25) is 0 Å². The van der Waals surface area contributed by atoms with Gasteiger partial charge in [-0.25, -0.2) is 8.78 Å². The van der Waals surface area contributed by atoms with E-state index in [2.05, 4.69) is 15.9 Å². The first kappa shape index (κ1) is 15.4. The largest absolute Gasteiger partial charge is 0.486 e. The molecular weight excluding hydrogens is 348 g/mol. The lowest BCUT2D eigenvalue weighted by molar-refractivity contribution is -0.385. The highest BCUT2D eigenvalue weighted by Crippen LogP contribution is 2.28. The van der Waals surface area contributed by atoms with Crippen LogP contribution in [0.5, 0.6) is 5.75 Å². The topological polar surface area (TPSA) is 52.4 Å². The average Bonchev–Trinajstić information content (AvgIpc) is 2.40. The summed E-state index contributed by atoms with van der Waals surface area (Å²) in [4.78, 5) is 10.0. The average molecular weight is 358 g/mol. The Morgan fingerprint density at radius 1 is 1.29 bits per heavy atom. The number of ether oxygens (including phenoxy) is 1. The molecule has 0 aliphatic heterocycles. The molecule has 2 aromatic carbocycles. The highest BCUT2D eigenvalue weighted by molar-refractivity contribution is 9.10. The third kappa shape index (κ3) is 3.55. The minimum absolute atomic E-state index is 0.00896. The SMILES string of the molecule is Cc1cc(OCc2ccc(F)cc2Br)c(F)cc1[N+](=O)[O-]. The Morgan fingerprint density at radius 2 is 2.00 bits per heavy atom. The van der Waals surface area contributed by atoms with Crippen LogP contribution in [0.1, 0.15) is 11.1 Å². The predicted molar refractivity (Wildman–Crippen MR) is 76.2 cm³/mol. The van der Waals surface area contributed by atoms with Gasteiger partial charge in [-0.05, 0) is 25.1 Å². The van der Waals surface area contributed by atoms with E-state index in [4.69, 9.17) is 4.74 Å². The number of hydrogen-bond acceptors (Lipinski definition) is 3. The highest BCUT2D eigenvalue weighted by atomic mass is 79.9. The number of nitro benzene ring substituents is 1. The van der Waals surface area contributed by atoms with Gasteiger partial charge in [0.05, 0.1) is 11.0 Å². The molecule has 0 amide bonds. The molecule has 0 atom stereocenters. The summed E-state index contributed by atoms with van der Waals surface area (Å²) >= 11 is 3.18. The van der Waals surface area contributed by atoms with Crippen LogP contribution in [0.3, 0.4) is 0 Å². The van der Waals surface area contributed by atoms with Gasteiger partial charge in [0, 0.05) is 15.6 Å². The van der Waals surface area contributed by atoms with E-state index in [-0.39, 0.29) is 18.0 Å². The molecule has 0 radical (unpaired) electrons. The van der Waals surface area contributed by atoms with Gasteiger partial charge in [-0.15, -0.1) is 0 Å². The van der Waals surface area contributed by atoms with Crippen molar-refractivity contribution in [3.8, 4) is 5.75 Å². The molecular formula is C14H10BrF2NO3. The number of nitrogens with zero attached hydrogens (tertiary/aromatic N) is 1. The molecule has 2 rings (SSSR count). The van der Waals surface area contributed by atoms with Crippen molar-refractivity contribution in [1.82, 2.24) is 0 Å². The Morgan fingerprint density at radius 3 is 2.62 bits per heavy atom. The molecule has 0 heterocycles. The smallest absolute Gasteiger partial charge is 0.275 e. The van der Waals surface area contributed by atoms with Crippen molar-refractivity contribution in [3.63, 3.8) is 0 Å². The quantitative estimate of drug-likeness (QED) is 0.596. The van der Waals surface area contributed by atoms with Crippen molar-refractivity contribution in [3.05, 3.63) is 67.7 Å². The molecule has 0 saturated carbocycles. The summed E-state index contributed by atoms with van der Waals surface area (Å²) < 4.78 is 32.5. The van der Waals surface area contributed by atoms with E-state index in [0.29, 0.717) is 15.6 Å². The molecule has 0 aliphatic rings. The fourth-order valence-electron chi connectivity index (χ4n) is 1.75. The molecule has 0 saturated heterocycles. The van der Waals surface area contributed by atoms with Crippen molar-refractivity contribution >= 4 is 21.6 Å². The molecule has 0 aromatic heterocycles. The number of hydrogen-bond donors (Lipinski definition) is 0. The third-order valence-corrected chi connectivity index (χ3v) is 3.58. The maximum Gasteiger partial charge on any atom is 0.275 e. The molecule has 0 bridgehead atoms. The lowest BCUT2D eigenvalue weighted by Crippen LogP contribution is -2.01. The molecule has 4 nitrogen and oxygen atoms in total. The molecule has 0 fully saturated rings. The Bertz CT molecular complexity index is 707. The van der Waals surface area contributed by atoms with E-state index in [1.54, 1.807) is 0 Å². The number of halogens is 3. The second-order valence-corrected chi connectivity index (χ2v) is 5.20. The van der Waals surface area contributed by atoms with Crippen LogP contribution in [0.25, 0.3) is 0 Å². The van der Waals surface area contributed by atoms with Crippen LogP contribution in [-0.2, 0) is 6.61 Å². The Hall–Kier alpha value is -2.02. The van der Waals surface area contributed by atoms with Gasteiger partial charge in [-0.2, -0.15) is 0 Å². The van der Waals surface area contributed by atoms with Crippen LogP contribution in [0.2, 0.25) is 0 Å². The fraction of sp³-hybridized carbons (Fsp3) is 0.143. The minimum atomic E-state index is -0.814. The highest BCUT2D eigenvalue weighted by Gasteiger charge is 2.16. The van der Waals surface area contributed by atoms with Crippen molar-refractivity contribution in [1.29, 1.82) is 0 Å². The van der Waals surface area contributed by atoms with E-state index < -0.39 is 16.6 Å². The van der Waals surface area contributed by atoms with E-state index >= 15 is 0 Å². The molecule has 7 heteroatoms. The summed E-state index contributed by atoms with van der Waals surface area (Å²) in [7, 11) is 0. The Kier molecular flexibility index (Phi) is 4.52. The standard InChI is InChI=1S/C14H10BrF2NO3/c1-8-4-14(12(17)6-13(8)18(19)20)21-7-9-2-3-10(16)5-11(9)15/h2-6H,7H2,1H3. The summed E-state index contributed by atoms with van der Waals surface area (Å²) in [6.45, 7) is 1.51. The van der Waals surface area contributed by atoms with Gasteiger partial charge >= 0.3 is 0 Å². The van der Waals surface area contributed by atoms with Crippen LogP contribution >= 0.6 is 15.9 Å². The first-order valence-corrected chi connectivity index (χ1v) is 6.69. The van der Waals surface area contributed by atoms with Crippen LogP contribution in [0.4, 0.5) is 14.5 Å². The van der Waals surface area contributed by atoms with Gasteiger partial charge in [-0.3, -0.25) is 10.1 Å². The lowest BCUT2D eigenvalue weighted by Gasteiger charge is -2.10. The van der Waals surface area contributed by atoms with Crippen LogP contribution in [0.15, 0.2) is 34.8 Å². The van der Waals surface area contributed by atoms with Gasteiger partial charge in [0.15, 0.2) is 11.6 Å². The maximum absolute atomic E-state index is 13.8. The molecule has 110 valence electrons. The van der Waals surface area contributed by atoms with E-state index in [0.717, 1.165) is 6.07 Å². The van der Waals surface area contributed by atoms with Crippen molar-refractivity contribution in [2.75, 3.05) is 0 Å². The first-order valence-electron chi connectivity index (χ1n) is 5.89. The second kappa shape index (κ2) is 6.17. The Balaban J connectivity index is 2.20.